The molecule has 5 rings (SSSR count). The maximum absolute atomic E-state index is 5.40. The summed E-state index contributed by atoms with van der Waals surface area (Å²) in [5.74, 6) is 9.88. The molecule has 5 heteroatoms. The first-order chi connectivity index (χ1) is 8.33. The van der Waals surface area contributed by atoms with Gasteiger partial charge in [0.25, 0.3) is 0 Å². The van der Waals surface area contributed by atoms with Gasteiger partial charge in [0.1, 0.15) is 5.01 Å². The van der Waals surface area contributed by atoms with E-state index in [0.29, 0.717) is 5.92 Å². The molecule has 4 fully saturated rings. The molecule has 1 aromatic rings. The van der Waals surface area contributed by atoms with Gasteiger partial charge >= 0.3 is 0 Å². The molecule has 0 saturated heterocycles. The Morgan fingerprint density at radius 2 is 1.65 bits per heavy atom. The lowest BCUT2D eigenvalue weighted by molar-refractivity contribution is -0.00303. The normalized spacial score (nSPS) is 43.0. The maximum atomic E-state index is 5.40. The predicted molar refractivity (Wildman–Crippen MR) is 67.5 cm³/mol. The summed E-state index contributed by atoms with van der Waals surface area (Å²) in [6.45, 7) is 0. The summed E-state index contributed by atoms with van der Waals surface area (Å²) >= 11 is 1.65. The molecule has 0 amide bonds. The van der Waals surface area contributed by atoms with Gasteiger partial charge in [-0.25, -0.2) is 5.84 Å². The second-order valence-corrected chi connectivity index (χ2v) is 7.06. The van der Waals surface area contributed by atoms with Gasteiger partial charge in [0, 0.05) is 5.92 Å². The maximum Gasteiger partial charge on any atom is 0.219 e. The first-order valence-corrected chi connectivity index (χ1v) is 7.45. The minimum atomic E-state index is 0.683. The van der Waals surface area contributed by atoms with E-state index in [1.807, 2.05) is 0 Å². The highest BCUT2D eigenvalue weighted by Crippen LogP contribution is 2.60. The Balaban J connectivity index is 1.65. The third-order valence-electron chi connectivity index (χ3n) is 5.08. The Hall–Kier alpha value is -0.680. The number of nitrogen functional groups attached to an aromatic ring is 1. The Morgan fingerprint density at radius 1 is 1.00 bits per heavy atom. The van der Waals surface area contributed by atoms with Crippen LogP contribution in [-0.2, 0) is 0 Å². The quantitative estimate of drug-likeness (QED) is 0.625. The predicted octanol–water partition coefficient (Wildman–Crippen LogP) is 2.36. The number of hydrogen-bond donors (Lipinski definition) is 2. The average Bonchev–Trinajstić information content (AvgIpc) is 2.76. The lowest BCUT2D eigenvalue weighted by Crippen LogP contribution is -2.43. The zero-order valence-electron chi connectivity index (χ0n) is 9.80. The molecule has 4 nitrogen and oxygen atoms in total. The molecular weight excluding hydrogens is 232 g/mol. The zero-order valence-corrected chi connectivity index (χ0v) is 10.6. The van der Waals surface area contributed by atoms with Gasteiger partial charge in [-0.15, -0.1) is 10.2 Å². The summed E-state index contributed by atoms with van der Waals surface area (Å²) in [7, 11) is 0. The summed E-state index contributed by atoms with van der Waals surface area (Å²) in [6.07, 6.45) is 7.24. The molecule has 0 aromatic carbocycles. The number of rotatable bonds is 2. The first kappa shape index (κ1) is 10.3. The first-order valence-electron chi connectivity index (χ1n) is 6.63. The minimum Gasteiger partial charge on any atom is -0.298 e. The molecule has 3 N–H and O–H groups in total. The Morgan fingerprint density at radius 3 is 2.18 bits per heavy atom. The number of aromatic nitrogens is 2. The van der Waals surface area contributed by atoms with E-state index >= 15 is 0 Å². The van der Waals surface area contributed by atoms with Crippen LogP contribution < -0.4 is 11.3 Å². The van der Waals surface area contributed by atoms with Crippen LogP contribution in [0, 0.1) is 23.7 Å². The van der Waals surface area contributed by atoms with E-state index in [2.05, 4.69) is 15.6 Å². The van der Waals surface area contributed by atoms with Gasteiger partial charge in [-0.05, 0) is 55.8 Å². The van der Waals surface area contributed by atoms with Gasteiger partial charge < -0.3 is 0 Å². The molecule has 4 saturated carbocycles. The highest BCUT2D eigenvalue weighted by Gasteiger charge is 2.49. The van der Waals surface area contributed by atoms with Crippen molar-refractivity contribution in [3.63, 3.8) is 0 Å². The average molecular weight is 250 g/mol. The van der Waals surface area contributed by atoms with E-state index in [0.717, 1.165) is 28.8 Å². The van der Waals surface area contributed by atoms with Crippen molar-refractivity contribution in [3.05, 3.63) is 5.01 Å². The van der Waals surface area contributed by atoms with E-state index < -0.39 is 0 Å². The molecule has 0 aliphatic heterocycles. The molecular formula is C12H18N4S. The number of anilines is 1. The number of hydrogen-bond acceptors (Lipinski definition) is 5. The summed E-state index contributed by atoms with van der Waals surface area (Å²) in [5, 5.41) is 10.4. The highest BCUT2D eigenvalue weighted by molar-refractivity contribution is 7.15. The summed E-state index contributed by atoms with van der Waals surface area (Å²) in [5.41, 5.74) is 2.61. The lowest BCUT2D eigenvalue weighted by Gasteiger charge is -2.53. The molecule has 1 heterocycles. The van der Waals surface area contributed by atoms with Crippen LogP contribution in [0.4, 0.5) is 5.13 Å². The topological polar surface area (TPSA) is 63.8 Å². The molecule has 0 spiro atoms. The Kier molecular flexibility index (Phi) is 2.21. The van der Waals surface area contributed by atoms with Crippen LogP contribution in [0.5, 0.6) is 0 Å². The summed E-state index contributed by atoms with van der Waals surface area (Å²) in [6, 6.07) is 0. The van der Waals surface area contributed by atoms with Crippen LogP contribution in [-0.4, -0.2) is 10.2 Å². The van der Waals surface area contributed by atoms with E-state index in [1.54, 1.807) is 11.3 Å². The molecule has 0 radical (unpaired) electrons. The van der Waals surface area contributed by atoms with E-state index in [9.17, 15) is 0 Å². The summed E-state index contributed by atoms with van der Waals surface area (Å²) in [4.78, 5) is 0. The monoisotopic (exact) mass is 250 g/mol. The second kappa shape index (κ2) is 3.65. The molecule has 1 aromatic heterocycles. The third-order valence-corrected chi connectivity index (χ3v) is 6.03. The molecule has 4 bridgehead atoms. The minimum absolute atomic E-state index is 0.683. The van der Waals surface area contributed by atoms with Gasteiger partial charge in [-0.2, -0.15) is 0 Å². The molecule has 0 atom stereocenters. The van der Waals surface area contributed by atoms with E-state index in [-0.39, 0.29) is 0 Å². The van der Waals surface area contributed by atoms with Crippen molar-refractivity contribution >= 4 is 16.5 Å². The molecule has 17 heavy (non-hydrogen) atoms. The Labute approximate surface area is 105 Å². The standard InChI is InChI=1S/C12H18N4S/c13-14-12-16-15-11(17-12)10-8-2-6-1-7(4-8)5-9(10)3-6/h6-10H,1-5,13H2,(H,14,16). The molecule has 92 valence electrons. The van der Waals surface area contributed by atoms with Crippen molar-refractivity contribution < 1.29 is 0 Å². The lowest BCUT2D eigenvalue weighted by atomic mass is 9.52. The van der Waals surface area contributed by atoms with E-state index in [4.69, 9.17) is 5.84 Å². The van der Waals surface area contributed by atoms with E-state index in [1.165, 1.54) is 37.1 Å². The van der Waals surface area contributed by atoms with Crippen molar-refractivity contribution in [2.24, 2.45) is 29.5 Å². The van der Waals surface area contributed by atoms with Crippen LogP contribution in [0.2, 0.25) is 0 Å². The number of hydrazine groups is 1. The SMILES string of the molecule is NNc1nnc(C2C3CC4CC(C3)CC2C4)s1. The van der Waals surface area contributed by atoms with Gasteiger partial charge in [0.05, 0.1) is 0 Å². The van der Waals surface area contributed by atoms with Crippen molar-refractivity contribution in [2.45, 2.75) is 38.0 Å². The fourth-order valence-corrected chi connectivity index (χ4v) is 5.70. The van der Waals surface area contributed by atoms with Crippen LogP contribution in [0.15, 0.2) is 0 Å². The second-order valence-electron chi connectivity index (χ2n) is 6.05. The highest BCUT2D eigenvalue weighted by atomic mass is 32.1. The Bertz CT molecular complexity index is 402. The smallest absolute Gasteiger partial charge is 0.219 e. The largest absolute Gasteiger partial charge is 0.298 e. The van der Waals surface area contributed by atoms with Crippen LogP contribution in [0.1, 0.15) is 43.0 Å². The number of nitrogens with two attached hydrogens (primary N) is 1. The fraction of sp³-hybridized carbons (Fsp3) is 0.833. The van der Waals surface area contributed by atoms with Crippen LogP contribution in [0.25, 0.3) is 0 Å². The summed E-state index contributed by atoms with van der Waals surface area (Å²) < 4.78 is 0. The third kappa shape index (κ3) is 1.52. The number of nitrogens with one attached hydrogen (secondary N) is 1. The van der Waals surface area contributed by atoms with Crippen LogP contribution in [0.3, 0.4) is 0 Å². The van der Waals surface area contributed by atoms with Gasteiger partial charge in [0.2, 0.25) is 5.13 Å². The van der Waals surface area contributed by atoms with Crippen molar-refractivity contribution in [2.75, 3.05) is 5.43 Å². The van der Waals surface area contributed by atoms with Gasteiger partial charge in [0.15, 0.2) is 0 Å². The van der Waals surface area contributed by atoms with Crippen LogP contribution >= 0.6 is 11.3 Å². The van der Waals surface area contributed by atoms with Gasteiger partial charge in [-0.1, -0.05) is 11.3 Å². The molecule has 0 unspecified atom stereocenters. The van der Waals surface area contributed by atoms with Crippen molar-refractivity contribution in [3.8, 4) is 0 Å². The zero-order chi connectivity index (χ0) is 11.4. The molecule has 4 aliphatic rings. The fourth-order valence-electron chi connectivity index (χ4n) is 4.76. The van der Waals surface area contributed by atoms with Crippen molar-refractivity contribution in [1.29, 1.82) is 0 Å². The molecule has 4 aliphatic carbocycles. The number of nitrogens with zero attached hydrogens (tertiary/aromatic N) is 2. The van der Waals surface area contributed by atoms with Crippen molar-refractivity contribution in [1.82, 2.24) is 10.2 Å². The van der Waals surface area contributed by atoms with Gasteiger partial charge in [-0.3, -0.25) is 5.43 Å².